The smallest absolute Gasteiger partial charge is 0.414 e. The third kappa shape index (κ3) is 7.60. The molecule has 1 saturated heterocycles. The predicted molar refractivity (Wildman–Crippen MR) is 105 cm³/mol. The first-order valence-electron chi connectivity index (χ1n) is 8.88. The first-order valence-corrected chi connectivity index (χ1v) is 10.5. The second-order valence-electron chi connectivity index (χ2n) is 6.35. The second-order valence-corrected chi connectivity index (χ2v) is 8.32. The van der Waals surface area contributed by atoms with Crippen molar-refractivity contribution in [2.75, 3.05) is 26.2 Å². The van der Waals surface area contributed by atoms with E-state index < -0.39 is 22.0 Å². The molecule has 1 aromatic carbocycles. The topological polar surface area (TPSA) is 128 Å². The number of aromatic nitrogens is 1. The van der Waals surface area contributed by atoms with Crippen LogP contribution in [0.5, 0.6) is 0 Å². The van der Waals surface area contributed by atoms with Gasteiger partial charge in [-0.2, -0.15) is 4.31 Å². The van der Waals surface area contributed by atoms with Crippen molar-refractivity contribution in [3.05, 3.63) is 66.0 Å². The van der Waals surface area contributed by atoms with E-state index in [1.807, 2.05) is 48.5 Å². The molecule has 0 aliphatic carbocycles. The molecule has 2 aromatic rings. The molecule has 9 nitrogen and oxygen atoms in total. The van der Waals surface area contributed by atoms with Gasteiger partial charge in [0, 0.05) is 38.9 Å². The Labute approximate surface area is 169 Å². The number of carboxylic acids is 2. The molecule has 1 aromatic heterocycles. The van der Waals surface area contributed by atoms with E-state index in [-0.39, 0.29) is 5.75 Å². The summed E-state index contributed by atoms with van der Waals surface area (Å²) < 4.78 is 26.6. The van der Waals surface area contributed by atoms with Crippen LogP contribution in [-0.2, 0) is 31.9 Å². The molecule has 0 spiro atoms. The number of pyridine rings is 1. The van der Waals surface area contributed by atoms with Gasteiger partial charge in [0.25, 0.3) is 0 Å². The number of hydrogen-bond acceptors (Lipinski definition) is 6. The Morgan fingerprint density at radius 3 is 2.00 bits per heavy atom. The number of carbonyl (C=O) groups is 2. The normalized spacial score (nSPS) is 15.2. The first kappa shape index (κ1) is 22.5. The quantitative estimate of drug-likeness (QED) is 0.681. The maximum atomic E-state index is 12.5. The molecule has 1 fully saturated rings. The van der Waals surface area contributed by atoms with Gasteiger partial charge in [-0.05, 0) is 17.7 Å². The third-order valence-corrected chi connectivity index (χ3v) is 6.06. The standard InChI is InChI=1S/C17H21N3O2S.C2H2O4/c21-23(22,15-16-6-2-1-3-7-16)20-12-10-19(11-13-20)14-17-8-4-5-9-18-17;3-1(4)2(5)6/h1-9H,10-15H2;(H,3,4)(H,5,6). The van der Waals surface area contributed by atoms with E-state index in [1.165, 1.54) is 0 Å². The van der Waals surface area contributed by atoms with Crippen LogP contribution in [0.3, 0.4) is 0 Å². The fraction of sp³-hybridized carbons (Fsp3) is 0.316. The van der Waals surface area contributed by atoms with Gasteiger partial charge >= 0.3 is 11.9 Å². The van der Waals surface area contributed by atoms with Crippen molar-refractivity contribution >= 4 is 22.0 Å². The van der Waals surface area contributed by atoms with Crippen molar-refractivity contribution in [2.24, 2.45) is 0 Å². The lowest BCUT2D eigenvalue weighted by Crippen LogP contribution is -2.48. The lowest BCUT2D eigenvalue weighted by molar-refractivity contribution is -0.159. The van der Waals surface area contributed by atoms with Gasteiger partial charge in [0.05, 0.1) is 11.4 Å². The summed E-state index contributed by atoms with van der Waals surface area (Å²) in [5.74, 6) is -3.57. The number of hydrogen-bond donors (Lipinski definition) is 2. The van der Waals surface area contributed by atoms with Crippen LogP contribution in [-0.4, -0.2) is 70.9 Å². The Bertz CT molecular complexity index is 886. The van der Waals surface area contributed by atoms with Crippen LogP contribution in [0.1, 0.15) is 11.3 Å². The summed E-state index contributed by atoms with van der Waals surface area (Å²) >= 11 is 0. The zero-order chi connectivity index (χ0) is 21.3. The van der Waals surface area contributed by atoms with Gasteiger partial charge in [0.15, 0.2) is 0 Å². The fourth-order valence-corrected chi connectivity index (χ4v) is 4.28. The molecule has 0 radical (unpaired) electrons. The highest BCUT2D eigenvalue weighted by molar-refractivity contribution is 7.88. The Balaban J connectivity index is 0.000000438. The molecule has 1 aliphatic rings. The molecule has 0 atom stereocenters. The summed E-state index contributed by atoms with van der Waals surface area (Å²) in [5, 5.41) is 14.8. The summed E-state index contributed by atoms with van der Waals surface area (Å²) in [6, 6.07) is 15.2. The zero-order valence-electron chi connectivity index (χ0n) is 15.7. The molecule has 2 N–H and O–H groups in total. The van der Waals surface area contributed by atoms with E-state index in [9.17, 15) is 8.42 Å². The highest BCUT2D eigenvalue weighted by Crippen LogP contribution is 2.14. The van der Waals surface area contributed by atoms with Gasteiger partial charge in [-0.15, -0.1) is 0 Å². The number of nitrogens with zero attached hydrogens (tertiary/aromatic N) is 3. The Morgan fingerprint density at radius 1 is 0.897 bits per heavy atom. The molecule has 2 heterocycles. The number of sulfonamides is 1. The van der Waals surface area contributed by atoms with Crippen molar-refractivity contribution in [2.45, 2.75) is 12.3 Å². The van der Waals surface area contributed by atoms with Crippen molar-refractivity contribution in [3.8, 4) is 0 Å². The zero-order valence-corrected chi connectivity index (χ0v) is 16.5. The average molecular weight is 421 g/mol. The maximum absolute atomic E-state index is 12.5. The SMILES string of the molecule is O=C(O)C(=O)O.O=S(=O)(Cc1ccccc1)N1CCN(Cc2ccccn2)CC1. The van der Waals surface area contributed by atoms with Crippen LogP contribution in [0.4, 0.5) is 0 Å². The largest absolute Gasteiger partial charge is 0.473 e. The number of rotatable bonds is 5. The van der Waals surface area contributed by atoms with Gasteiger partial charge in [-0.3, -0.25) is 9.88 Å². The Kier molecular flexibility index (Phi) is 8.25. The summed E-state index contributed by atoms with van der Waals surface area (Å²) in [6.07, 6.45) is 1.79. The van der Waals surface area contributed by atoms with Gasteiger partial charge in [-0.25, -0.2) is 18.0 Å². The molecule has 0 amide bonds. The van der Waals surface area contributed by atoms with Crippen LogP contribution >= 0.6 is 0 Å². The van der Waals surface area contributed by atoms with Crippen molar-refractivity contribution in [1.29, 1.82) is 0 Å². The summed E-state index contributed by atoms with van der Waals surface area (Å²) in [6.45, 7) is 3.34. The molecule has 29 heavy (non-hydrogen) atoms. The molecule has 10 heteroatoms. The number of carboxylic acid groups (broad SMARTS) is 2. The fourth-order valence-electron chi connectivity index (χ4n) is 2.76. The highest BCUT2D eigenvalue weighted by Gasteiger charge is 2.27. The minimum absolute atomic E-state index is 0.0775. The predicted octanol–water partition coefficient (Wildman–Crippen LogP) is 0.885. The van der Waals surface area contributed by atoms with Gasteiger partial charge < -0.3 is 10.2 Å². The van der Waals surface area contributed by atoms with E-state index >= 15 is 0 Å². The van der Waals surface area contributed by atoms with Gasteiger partial charge in [0.2, 0.25) is 10.0 Å². The van der Waals surface area contributed by atoms with Crippen molar-refractivity contribution < 1.29 is 28.2 Å². The minimum Gasteiger partial charge on any atom is -0.473 e. The first-order chi connectivity index (χ1) is 13.8. The molecule has 1 aliphatic heterocycles. The van der Waals surface area contributed by atoms with Crippen LogP contribution < -0.4 is 0 Å². The average Bonchev–Trinajstić information content (AvgIpc) is 2.70. The Morgan fingerprint density at radius 2 is 1.48 bits per heavy atom. The summed E-state index contributed by atoms with van der Waals surface area (Å²) in [5.41, 5.74) is 1.86. The van der Waals surface area contributed by atoms with Crippen molar-refractivity contribution in [1.82, 2.24) is 14.2 Å². The monoisotopic (exact) mass is 421 g/mol. The number of benzene rings is 1. The van der Waals surface area contributed by atoms with E-state index in [0.29, 0.717) is 13.1 Å². The highest BCUT2D eigenvalue weighted by atomic mass is 32.2. The Hall–Kier alpha value is -2.82. The van der Waals surface area contributed by atoms with Crippen LogP contribution in [0.15, 0.2) is 54.7 Å². The number of aliphatic carboxylic acids is 2. The molecule has 0 unspecified atom stereocenters. The number of piperazine rings is 1. The minimum atomic E-state index is -3.24. The van der Waals surface area contributed by atoms with Gasteiger partial charge in [0.1, 0.15) is 0 Å². The second kappa shape index (κ2) is 10.6. The molecule has 3 rings (SSSR count). The molecule has 156 valence electrons. The van der Waals surface area contributed by atoms with Crippen LogP contribution in [0, 0.1) is 0 Å². The lowest BCUT2D eigenvalue weighted by atomic mass is 10.2. The van der Waals surface area contributed by atoms with Crippen LogP contribution in [0.25, 0.3) is 0 Å². The van der Waals surface area contributed by atoms with E-state index in [0.717, 1.165) is 30.9 Å². The van der Waals surface area contributed by atoms with E-state index in [4.69, 9.17) is 19.8 Å². The summed E-state index contributed by atoms with van der Waals surface area (Å²) in [7, 11) is -3.24. The van der Waals surface area contributed by atoms with Gasteiger partial charge in [-0.1, -0.05) is 36.4 Å². The van der Waals surface area contributed by atoms with Crippen LogP contribution in [0.2, 0.25) is 0 Å². The van der Waals surface area contributed by atoms with E-state index in [1.54, 1.807) is 10.5 Å². The molecular weight excluding hydrogens is 398 g/mol. The maximum Gasteiger partial charge on any atom is 0.414 e. The lowest BCUT2D eigenvalue weighted by Gasteiger charge is -2.33. The molecular formula is C19H23N3O6S. The summed E-state index contributed by atoms with van der Waals surface area (Å²) in [4.78, 5) is 24.8. The molecule has 0 bridgehead atoms. The van der Waals surface area contributed by atoms with Crippen molar-refractivity contribution in [3.63, 3.8) is 0 Å². The third-order valence-electron chi connectivity index (χ3n) is 4.21. The van der Waals surface area contributed by atoms with E-state index in [2.05, 4.69) is 9.88 Å². The molecule has 0 saturated carbocycles.